The first-order valence-corrected chi connectivity index (χ1v) is 9.82. The van der Waals surface area contributed by atoms with Gasteiger partial charge in [-0.05, 0) is 50.8 Å². The normalized spacial score (nSPS) is 22.3. The van der Waals surface area contributed by atoms with E-state index in [2.05, 4.69) is 22.8 Å². The van der Waals surface area contributed by atoms with Crippen LogP contribution in [-0.4, -0.2) is 56.1 Å². The molecule has 144 valence electrons. The van der Waals surface area contributed by atoms with E-state index >= 15 is 0 Å². The summed E-state index contributed by atoms with van der Waals surface area (Å²) in [7, 11) is 3.36. The molecule has 0 N–H and O–H groups in total. The molecule has 1 aromatic carbocycles. The van der Waals surface area contributed by atoms with Crippen LogP contribution in [-0.2, 0) is 11.3 Å². The van der Waals surface area contributed by atoms with Gasteiger partial charge >= 0.3 is 0 Å². The van der Waals surface area contributed by atoms with E-state index in [1.165, 1.54) is 12.0 Å². The molecular formula is C21H32N2O3. The van der Waals surface area contributed by atoms with Gasteiger partial charge < -0.3 is 14.4 Å². The van der Waals surface area contributed by atoms with E-state index in [4.69, 9.17) is 9.47 Å². The monoisotopic (exact) mass is 360 g/mol. The Labute approximate surface area is 157 Å². The maximum Gasteiger partial charge on any atom is 0.225 e. The van der Waals surface area contributed by atoms with Crippen LogP contribution in [0.5, 0.6) is 11.5 Å². The lowest BCUT2D eigenvalue weighted by Crippen LogP contribution is -2.45. The third kappa shape index (κ3) is 4.50. The number of ether oxygens (including phenoxy) is 2. The standard InChI is InChI=1S/C21H32N2O3/c1-16-5-4-10-23(14-16)21(24)17-8-11-22(12-9-17)15-18-6-7-19(25-2)13-20(18)26-3/h6-7,13,16-17H,4-5,8-12,14-15H2,1-3H3/t16-/m0/s1. The van der Waals surface area contributed by atoms with Gasteiger partial charge in [0.15, 0.2) is 0 Å². The summed E-state index contributed by atoms with van der Waals surface area (Å²) in [5.41, 5.74) is 1.17. The smallest absolute Gasteiger partial charge is 0.225 e. The van der Waals surface area contributed by atoms with Gasteiger partial charge in [-0.1, -0.05) is 13.0 Å². The number of methoxy groups -OCH3 is 2. The number of rotatable bonds is 5. The molecule has 0 bridgehead atoms. The van der Waals surface area contributed by atoms with Crippen LogP contribution in [0.4, 0.5) is 0 Å². The van der Waals surface area contributed by atoms with Crippen LogP contribution < -0.4 is 9.47 Å². The Hall–Kier alpha value is -1.75. The summed E-state index contributed by atoms with van der Waals surface area (Å²) in [5, 5.41) is 0. The van der Waals surface area contributed by atoms with Crippen LogP contribution in [0.15, 0.2) is 18.2 Å². The zero-order valence-electron chi connectivity index (χ0n) is 16.4. The number of likely N-dealkylation sites (tertiary alicyclic amines) is 2. The molecule has 0 saturated carbocycles. The predicted octanol–water partition coefficient (Wildman–Crippen LogP) is 3.17. The van der Waals surface area contributed by atoms with Gasteiger partial charge in [0.2, 0.25) is 5.91 Å². The third-order valence-corrected chi connectivity index (χ3v) is 5.79. The number of piperidine rings is 2. The Morgan fingerprint density at radius 1 is 1.12 bits per heavy atom. The second kappa shape index (κ2) is 8.76. The minimum Gasteiger partial charge on any atom is -0.497 e. The number of benzene rings is 1. The summed E-state index contributed by atoms with van der Waals surface area (Å²) in [5.74, 6) is 2.92. The number of carbonyl (C=O) groups is 1. The molecule has 2 aliphatic rings. The van der Waals surface area contributed by atoms with E-state index in [1.54, 1.807) is 14.2 Å². The molecule has 0 aromatic heterocycles. The molecule has 2 heterocycles. The van der Waals surface area contributed by atoms with Crippen molar-refractivity contribution in [2.24, 2.45) is 11.8 Å². The zero-order chi connectivity index (χ0) is 18.5. The van der Waals surface area contributed by atoms with Gasteiger partial charge in [-0.15, -0.1) is 0 Å². The summed E-state index contributed by atoms with van der Waals surface area (Å²) in [4.78, 5) is 17.3. The summed E-state index contributed by atoms with van der Waals surface area (Å²) < 4.78 is 10.8. The Morgan fingerprint density at radius 2 is 1.88 bits per heavy atom. The second-order valence-corrected chi connectivity index (χ2v) is 7.76. The lowest BCUT2D eigenvalue weighted by Gasteiger charge is -2.37. The molecule has 26 heavy (non-hydrogen) atoms. The average molecular weight is 360 g/mol. The van der Waals surface area contributed by atoms with Crippen molar-refractivity contribution >= 4 is 5.91 Å². The number of amides is 1. The van der Waals surface area contributed by atoms with Crippen molar-refractivity contribution in [3.63, 3.8) is 0 Å². The Balaban J connectivity index is 1.53. The molecule has 3 rings (SSSR count). The molecular weight excluding hydrogens is 328 g/mol. The number of hydrogen-bond donors (Lipinski definition) is 0. The molecule has 5 heteroatoms. The van der Waals surface area contributed by atoms with Gasteiger partial charge in [0.05, 0.1) is 14.2 Å². The van der Waals surface area contributed by atoms with E-state index < -0.39 is 0 Å². The highest BCUT2D eigenvalue weighted by atomic mass is 16.5. The molecule has 2 fully saturated rings. The second-order valence-electron chi connectivity index (χ2n) is 7.76. The van der Waals surface area contributed by atoms with Crippen molar-refractivity contribution < 1.29 is 14.3 Å². The Morgan fingerprint density at radius 3 is 2.54 bits per heavy atom. The van der Waals surface area contributed by atoms with Gasteiger partial charge in [0.1, 0.15) is 11.5 Å². The lowest BCUT2D eigenvalue weighted by atomic mass is 9.92. The molecule has 5 nitrogen and oxygen atoms in total. The van der Waals surface area contributed by atoms with Crippen molar-refractivity contribution in [3.8, 4) is 11.5 Å². The van der Waals surface area contributed by atoms with E-state index in [0.29, 0.717) is 11.8 Å². The molecule has 0 aliphatic carbocycles. The predicted molar refractivity (Wildman–Crippen MR) is 103 cm³/mol. The van der Waals surface area contributed by atoms with Crippen LogP contribution in [0, 0.1) is 11.8 Å². The summed E-state index contributed by atoms with van der Waals surface area (Å²) in [6.07, 6.45) is 4.33. The molecule has 0 unspecified atom stereocenters. The fraction of sp³-hybridized carbons (Fsp3) is 0.667. The largest absolute Gasteiger partial charge is 0.497 e. The van der Waals surface area contributed by atoms with E-state index in [0.717, 1.165) is 63.5 Å². The SMILES string of the molecule is COc1ccc(CN2CCC(C(=O)N3CCC[C@H](C)C3)CC2)c(OC)c1. The van der Waals surface area contributed by atoms with Crippen LogP contribution in [0.2, 0.25) is 0 Å². The van der Waals surface area contributed by atoms with Crippen LogP contribution in [0.1, 0.15) is 38.2 Å². The van der Waals surface area contributed by atoms with Crippen molar-refractivity contribution in [1.82, 2.24) is 9.80 Å². The fourth-order valence-corrected chi connectivity index (χ4v) is 4.21. The minimum absolute atomic E-state index is 0.203. The molecule has 2 saturated heterocycles. The number of carbonyl (C=O) groups excluding carboxylic acids is 1. The van der Waals surface area contributed by atoms with Crippen molar-refractivity contribution in [3.05, 3.63) is 23.8 Å². The minimum atomic E-state index is 0.203. The van der Waals surface area contributed by atoms with Crippen molar-refractivity contribution in [2.45, 2.75) is 39.2 Å². The molecule has 0 radical (unpaired) electrons. The van der Waals surface area contributed by atoms with E-state index in [-0.39, 0.29) is 5.92 Å². The fourth-order valence-electron chi connectivity index (χ4n) is 4.21. The first-order chi connectivity index (χ1) is 12.6. The highest BCUT2D eigenvalue weighted by Gasteiger charge is 2.30. The summed E-state index contributed by atoms with van der Waals surface area (Å²) >= 11 is 0. The average Bonchev–Trinajstić information content (AvgIpc) is 2.68. The van der Waals surface area contributed by atoms with Gasteiger partial charge in [0.25, 0.3) is 0 Å². The topological polar surface area (TPSA) is 42.0 Å². The molecule has 1 aromatic rings. The molecule has 2 aliphatic heterocycles. The Kier molecular flexibility index (Phi) is 6.41. The van der Waals surface area contributed by atoms with Crippen molar-refractivity contribution in [2.75, 3.05) is 40.4 Å². The number of nitrogens with zero attached hydrogens (tertiary/aromatic N) is 2. The highest BCUT2D eigenvalue weighted by molar-refractivity contribution is 5.79. The maximum absolute atomic E-state index is 12.8. The quantitative estimate of drug-likeness (QED) is 0.809. The molecule has 1 amide bonds. The molecule has 0 spiro atoms. The van der Waals surface area contributed by atoms with Gasteiger partial charge in [-0.25, -0.2) is 0 Å². The number of hydrogen-bond acceptors (Lipinski definition) is 4. The zero-order valence-corrected chi connectivity index (χ0v) is 16.4. The Bertz CT molecular complexity index is 611. The molecule has 1 atom stereocenters. The first-order valence-electron chi connectivity index (χ1n) is 9.82. The van der Waals surface area contributed by atoms with Gasteiger partial charge in [-0.2, -0.15) is 0 Å². The lowest BCUT2D eigenvalue weighted by molar-refractivity contribution is -0.138. The third-order valence-electron chi connectivity index (χ3n) is 5.79. The van der Waals surface area contributed by atoms with Gasteiger partial charge in [0, 0.05) is 37.2 Å². The van der Waals surface area contributed by atoms with Gasteiger partial charge in [-0.3, -0.25) is 9.69 Å². The highest BCUT2D eigenvalue weighted by Crippen LogP contribution is 2.28. The maximum atomic E-state index is 12.8. The van der Waals surface area contributed by atoms with Crippen LogP contribution in [0.25, 0.3) is 0 Å². The summed E-state index contributed by atoms with van der Waals surface area (Å²) in [6, 6.07) is 5.98. The van der Waals surface area contributed by atoms with E-state index in [1.807, 2.05) is 12.1 Å². The van der Waals surface area contributed by atoms with Crippen molar-refractivity contribution in [1.29, 1.82) is 0 Å². The first kappa shape index (κ1) is 19.0. The van der Waals surface area contributed by atoms with E-state index in [9.17, 15) is 4.79 Å². The van der Waals surface area contributed by atoms with Crippen LogP contribution >= 0.6 is 0 Å². The van der Waals surface area contributed by atoms with Crippen LogP contribution in [0.3, 0.4) is 0 Å². The summed E-state index contributed by atoms with van der Waals surface area (Å²) in [6.45, 7) is 6.94.